The zero-order valence-electron chi connectivity index (χ0n) is 56.5. The Labute approximate surface area is 605 Å². The van der Waals surface area contributed by atoms with Gasteiger partial charge in [0.25, 0.3) is 0 Å². The Morgan fingerprint density at radius 1 is 0.421 bits per heavy atom. The Hall–Kier alpha value is -3.40. The molecule has 0 spiro atoms. The number of ether oxygens (including phenoxy) is 2. The van der Waals surface area contributed by atoms with Gasteiger partial charge in [0.05, 0.1) is 5.60 Å². The normalized spacial score (nSPS) is 11.9. The number of aliphatic carboxylic acids is 2. The van der Waals surface area contributed by atoms with E-state index in [4.69, 9.17) is 24.8 Å². The van der Waals surface area contributed by atoms with Crippen molar-refractivity contribution in [2.45, 2.75) is 301 Å². The van der Waals surface area contributed by atoms with Gasteiger partial charge in [0.15, 0.2) is 12.3 Å². The van der Waals surface area contributed by atoms with Crippen molar-refractivity contribution in [3.8, 4) is 0 Å². The molecule has 0 aliphatic carbocycles. The van der Waals surface area contributed by atoms with Crippen LogP contribution in [0.5, 0.6) is 0 Å². The molecule has 546 valence electrons. The molecule has 0 radical (unpaired) electrons. The van der Waals surface area contributed by atoms with Crippen LogP contribution >= 0.6 is 15.9 Å². The van der Waals surface area contributed by atoms with Gasteiger partial charge in [-0.2, -0.15) is 52.7 Å². The van der Waals surface area contributed by atoms with E-state index in [2.05, 4.69) is 28.1 Å². The summed E-state index contributed by atoms with van der Waals surface area (Å²) in [6, 6.07) is 28.7. The van der Waals surface area contributed by atoms with E-state index in [1.807, 2.05) is 54.6 Å². The molecule has 95 heavy (non-hydrogen) atoms. The number of hydrogen-bond acceptors (Lipinski definition) is 8. The molecule has 3 N–H and O–H groups in total. The number of aliphatic hydroxyl groups is 1. The molecule has 0 heterocycles. The summed E-state index contributed by atoms with van der Waals surface area (Å²) >= 11 is 3.36. The van der Waals surface area contributed by atoms with Crippen molar-refractivity contribution >= 4 is 39.8 Å². The summed E-state index contributed by atoms with van der Waals surface area (Å²) in [7, 11) is 0. The van der Waals surface area contributed by atoms with Crippen LogP contribution in [0, 0.1) is 0 Å². The third-order valence-corrected chi connectivity index (χ3v) is 12.7. The van der Waals surface area contributed by atoms with Crippen molar-refractivity contribution < 1.29 is 162 Å². The maximum absolute atomic E-state index is 13.6. The minimum Gasteiger partial charge on any atom is -0.850 e. The molecule has 0 aliphatic heterocycles. The summed E-state index contributed by atoms with van der Waals surface area (Å²) in [4.78, 5) is 43.2. The second-order valence-corrected chi connectivity index (χ2v) is 24.7. The van der Waals surface area contributed by atoms with E-state index in [-0.39, 0.29) is 116 Å². The van der Waals surface area contributed by atoms with Crippen LogP contribution in [0.3, 0.4) is 0 Å². The first-order valence-electron chi connectivity index (χ1n) is 32.0. The van der Waals surface area contributed by atoms with Gasteiger partial charge in [-0.3, -0.25) is 9.59 Å². The second-order valence-electron chi connectivity index (χ2n) is 24.1. The van der Waals surface area contributed by atoms with E-state index in [0.717, 1.165) is 61.4 Å². The van der Waals surface area contributed by atoms with E-state index in [9.17, 15) is 85.8 Å². The zero-order valence-corrected chi connectivity index (χ0v) is 61.2. The molecule has 0 saturated heterocycles. The van der Waals surface area contributed by atoms with Crippen molar-refractivity contribution in [3.63, 3.8) is 0 Å². The molecule has 2 atom stereocenters. The van der Waals surface area contributed by atoms with E-state index >= 15 is 0 Å². The predicted molar refractivity (Wildman–Crippen MR) is 341 cm³/mol. The topological polar surface area (TPSA) is 170 Å². The van der Waals surface area contributed by atoms with Crippen LogP contribution in [0.15, 0.2) is 91.0 Å². The van der Waals surface area contributed by atoms with Crippen LogP contribution < -0.4 is 56.5 Å². The van der Waals surface area contributed by atoms with Crippen molar-refractivity contribution in [1.82, 2.24) is 0 Å². The van der Waals surface area contributed by atoms with Crippen molar-refractivity contribution in [2.75, 3.05) is 0 Å². The number of esters is 2. The van der Waals surface area contributed by atoms with Gasteiger partial charge in [0.2, 0.25) is 0 Å². The molecule has 3 aromatic carbocycles. The number of hydrogen-bond donors (Lipinski definition) is 3. The average molecular weight is 1480 g/mol. The quantitative estimate of drug-likeness (QED) is 0.0166. The maximum atomic E-state index is 13.6. The van der Waals surface area contributed by atoms with Gasteiger partial charge in [0, 0.05) is 43.9 Å². The summed E-state index contributed by atoms with van der Waals surface area (Å²) in [5.74, 6) is -3.39. The van der Waals surface area contributed by atoms with Gasteiger partial charge in [0.1, 0.15) is 13.2 Å². The Kier molecular flexibility index (Phi) is 63.9. The Morgan fingerprint density at radius 2 is 0.674 bits per heavy atom. The summed E-state index contributed by atoms with van der Waals surface area (Å²) in [6.45, 7) is 10.5. The molecular formula is C69H104BrF14KO10. The fraction of sp³-hybridized carbons (Fsp3) is 0.681. The summed E-state index contributed by atoms with van der Waals surface area (Å²) in [6.07, 6.45) is -10.1. The average Bonchev–Trinajstić information content (AvgIpc) is 1.71. The van der Waals surface area contributed by atoms with E-state index in [1.165, 1.54) is 5.56 Å². The Bertz CT molecular complexity index is 2230. The monoisotopic (exact) mass is 1480 g/mol. The number of halogens is 15. The van der Waals surface area contributed by atoms with Gasteiger partial charge in [-0.1, -0.05) is 218 Å². The van der Waals surface area contributed by atoms with Crippen molar-refractivity contribution in [1.29, 1.82) is 0 Å². The Morgan fingerprint density at radius 3 is 0.947 bits per heavy atom. The van der Waals surface area contributed by atoms with Crippen molar-refractivity contribution in [2.24, 2.45) is 0 Å². The molecule has 26 heteroatoms. The van der Waals surface area contributed by atoms with E-state index in [0.29, 0.717) is 77.0 Å². The molecule has 0 bridgehead atoms. The molecule has 2 unspecified atom stereocenters. The first-order chi connectivity index (χ1) is 43.5. The fourth-order valence-electron chi connectivity index (χ4n) is 7.41. The van der Waals surface area contributed by atoms with Crippen LogP contribution in [-0.4, -0.2) is 87.4 Å². The molecule has 3 aromatic rings. The Balaban J connectivity index is -0.000000350. The molecule has 0 aliphatic rings. The minimum atomic E-state index is -4.10. The van der Waals surface area contributed by atoms with Crippen molar-refractivity contribution in [3.05, 3.63) is 108 Å². The number of carboxylic acids is 2. The third-order valence-electron chi connectivity index (χ3n) is 12.0. The smallest absolute Gasteiger partial charge is 0.850 e. The number of unbranched alkanes of at least 4 members (excludes halogenated alkanes) is 18. The molecule has 0 saturated carbocycles. The molecule has 0 fully saturated rings. The second kappa shape index (κ2) is 60.5. The number of carbonyl (C=O) groups is 4. The van der Waals surface area contributed by atoms with Gasteiger partial charge in [-0.05, 0) is 102 Å². The summed E-state index contributed by atoms with van der Waals surface area (Å²) in [5, 5.41) is 36.1. The number of rotatable bonds is 37. The third kappa shape index (κ3) is 94.8. The fourth-order valence-corrected chi connectivity index (χ4v) is 7.78. The zero-order chi connectivity index (χ0) is 72.6. The van der Waals surface area contributed by atoms with E-state index in [1.54, 1.807) is 65.8 Å². The molecule has 3 rings (SSSR count). The van der Waals surface area contributed by atoms with Crippen LogP contribution in [0.2, 0.25) is 0 Å². The summed E-state index contributed by atoms with van der Waals surface area (Å²) in [5.41, 5.74) is 1.82. The molecule has 0 aromatic heterocycles. The van der Waals surface area contributed by atoms with Gasteiger partial charge in [-0.25, -0.2) is 18.4 Å². The predicted octanol–water partition coefficient (Wildman–Crippen LogP) is 18.7. The first kappa shape index (κ1) is 100. The van der Waals surface area contributed by atoms with Crippen LogP contribution in [-0.2, 0) is 47.2 Å². The van der Waals surface area contributed by atoms with Gasteiger partial charge < -0.3 is 29.9 Å². The number of carbonyl (C=O) groups excluding carboxylic acids is 2. The van der Waals surface area contributed by atoms with E-state index < -0.39 is 91.8 Å². The molecule has 10 nitrogen and oxygen atoms in total. The molecular weight excluding hydrogens is 1370 g/mol. The largest absolute Gasteiger partial charge is 1.00 e. The number of benzene rings is 3. The summed E-state index contributed by atoms with van der Waals surface area (Å²) < 4.78 is 178. The standard InChI is InChI=1S/C17H22F4O2.C17H23F3O2.C10H16F4O2.C10H17F3O2.C7H7Br.C4H10O.C4H9O.K/c18-15(11-7-2-1-3-8-12-17(19,20)21)16(22)23-13-14-9-5-4-6-10-14;18-17(19,20)13-9-4-2-1-3-8-12-16(21)22-14-15-10-6-5-7-11-15;11-8(9(15)16)6-4-2-1-3-5-7-10(12,13)14;11-10(12,13)8-6-4-2-1-3-5-7-9(14)15;8-6-7-4-2-1-3-5-7;2*1-4(2,3)5;/h4-6,9-10,15H,1-3,7-8,11-13H2;5-7,10-11H,1-4,8-9,12-14H2;8H,1-7H2,(H,15,16);1-8H2,(H,14,15);1-5H,6H2;5H,1-3H3;1-3H3;/q;;;;;;-1;+1. The van der Waals surface area contributed by atoms with Crippen LogP contribution in [0.4, 0.5) is 61.5 Å². The molecule has 0 amide bonds. The SMILES string of the molecule is BrCc1ccccc1.CC(C)(C)O.CC(C)(C)[O-].O=C(CCCCCCCCC(F)(F)F)OCc1ccccc1.O=C(O)C(F)CCCCCCCC(F)(F)F.O=C(O)CCCCCCCCC(F)(F)F.O=C(OCc1ccccc1)C(F)CCCCCCCC(F)(F)F.[K+]. The first-order valence-corrected chi connectivity index (χ1v) is 33.1. The van der Waals surface area contributed by atoms with Gasteiger partial charge >= 0.3 is 100.0 Å². The number of alkyl halides is 15. The van der Waals surface area contributed by atoms with Gasteiger partial charge in [-0.15, -0.1) is 5.60 Å². The number of carboxylic acid groups (broad SMARTS) is 2. The van der Waals surface area contributed by atoms with Crippen LogP contribution in [0.1, 0.15) is 251 Å². The van der Waals surface area contributed by atoms with Crippen LogP contribution in [0.25, 0.3) is 0 Å². The minimum absolute atomic E-state index is 0. The maximum Gasteiger partial charge on any atom is 1.00 e.